The van der Waals surface area contributed by atoms with E-state index in [-0.39, 0.29) is 21.6 Å². The maximum absolute atomic E-state index is 12.6. The van der Waals surface area contributed by atoms with Crippen molar-refractivity contribution >= 4 is 33.3 Å². The number of sulfonamides is 1. The van der Waals surface area contributed by atoms with E-state index in [9.17, 15) is 18.3 Å². The molecule has 0 aliphatic rings. The van der Waals surface area contributed by atoms with Gasteiger partial charge in [-0.05, 0) is 34.9 Å². The highest BCUT2D eigenvalue weighted by Gasteiger charge is 2.22. The van der Waals surface area contributed by atoms with Crippen molar-refractivity contribution in [3.63, 3.8) is 0 Å². The van der Waals surface area contributed by atoms with Crippen molar-refractivity contribution in [3.05, 3.63) is 65.6 Å². The number of carboxylic acid groups (broad SMARTS) is 1. The second-order valence-electron chi connectivity index (χ2n) is 5.50. The minimum absolute atomic E-state index is 0.00173. The van der Waals surface area contributed by atoms with E-state index in [0.29, 0.717) is 5.56 Å². The third-order valence-corrected chi connectivity index (χ3v) is 5.26. The third kappa shape index (κ3) is 3.56. The molecule has 3 aromatic rings. The predicted octanol–water partition coefficient (Wildman–Crippen LogP) is 3.24. The van der Waals surface area contributed by atoms with E-state index in [1.807, 2.05) is 30.3 Å². The van der Waals surface area contributed by atoms with E-state index in [1.165, 1.54) is 22.9 Å². The summed E-state index contributed by atoms with van der Waals surface area (Å²) in [6.45, 7) is 0. The van der Waals surface area contributed by atoms with Crippen molar-refractivity contribution in [3.8, 4) is 11.1 Å². The zero-order chi connectivity index (χ0) is 18.9. The zero-order valence-corrected chi connectivity index (χ0v) is 15.1. The summed E-state index contributed by atoms with van der Waals surface area (Å²) < 4.78 is 28.7. The molecule has 0 aliphatic heterocycles. The van der Waals surface area contributed by atoms with E-state index in [2.05, 4.69) is 9.71 Å². The van der Waals surface area contributed by atoms with Crippen LogP contribution in [0.4, 0.5) is 5.69 Å². The van der Waals surface area contributed by atoms with Crippen LogP contribution in [0.15, 0.2) is 59.8 Å². The van der Waals surface area contributed by atoms with E-state index in [1.54, 1.807) is 13.1 Å². The maximum Gasteiger partial charge on any atom is 0.337 e. The molecule has 0 bridgehead atoms. The summed E-state index contributed by atoms with van der Waals surface area (Å²) in [4.78, 5) is 15.2. The molecule has 0 spiro atoms. The molecule has 134 valence electrons. The van der Waals surface area contributed by atoms with Crippen LogP contribution in [0.5, 0.6) is 0 Å². The quantitative estimate of drug-likeness (QED) is 0.695. The SMILES string of the molecule is Cn1cc(S(=O)(=O)Nc2cc(-c3ccccc3)ccc2C(=O)O)nc1Cl. The van der Waals surface area contributed by atoms with Crippen LogP contribution in [0.25, 0.3) is 11.1 Å². The number of aromatic nitrogens is 2. The molecule has 0 aliphatic carbocycles. The van der Waals surface area contributed by atoms with Crippen LogP contribution in [-0.4, -0.2) is 29.0 Å². The fourth-order valence-corrected chi connectivity index (χ4v) is 3.63. The molecule has 0 atom stereocenters. The summed E-state index contributed by atoms with van der Waals surface area (Å²) >= 11 is 5.79. The Morgan fingerprint density at radius 3 is 2.42 bits per heavy atom. The number of benzene rings is 2. The molecule has 0 saturated carbocycles. The Bertz CT molecular complexity index is 1060. The van der Waals surface area contributed by atoms with Gasteiger partial charge in [-0.1, -0.05) is 36.4 Å². The Labute approximate surface area is 154 Å². The molecule has 0 amide bonds. The number of carbonyl (C=O) groups is 1. The molecule has 0 fully saturated rings. The summed E-state index contributed by atoms with van der Waals surface area (Å²) in [6, 6.07) is 13.6. The number of hydrogen-bond donors (Lipinski definition) is 2. The number of aryl methyl sites for hydroxylation is 1. The van der Waals surface area contributed by atoms with E-state index < -0.39 is 16.0 Å². The molecule has 0 saturated heterocycles. The summed E-state index contributed by atoms with van der Waals surface area (Å²) in [6.07, 6.45) is 1.24. The highest BCUT2D eigenvalue weighted by Crippen LogP contribution is 2.27. The van der Waals surface area contributed by atoms with Gasteiger partial charge in [0, 0.05) is 13.2 Å². The monoisotopic (exact) mass is 391 g/mol. The Morgan fingerprint density at radius 1 is 1.15 bits per heavy atom. The van der Waals surface area contributed by atoms with Crippen LogP contribution in [-0.2, 0) is 17.1 Å². The summed E-state index contributed by atoms with van der Waals surface area (Å²) in [7, 11) is -2.55. The van der Waals surface area contributed by atoms with Crippen molar-refractivity contribution in [2.24, 2.45) is 7.05 Å². The number of nitrogens with one attached hydrogen (secondary N) is 1. The highest BCUT2D eigenvalue weighted by atomic mass is 35.5. The fraction of sp³-hybridized carbons (Fsp3) is 0.0588. The summed E-state index contributed by atoms with van der Waals surface area (Å²) in [5.41, 5.74) is 1.27. The van der Waals surface area contributed by atoms with Gasteiger partial charge in [-0.25, -0.2) is 9.78 Å². The molecular weight excluding hydrogens is 378 g/mol. The van der Waals surface area contributed by atoms with Gasteiger partial charge in [-0.3, -0.25) is 4.72 Å². The number of rotatable bonds is 5. The van der Waals surface area contributed by atoms with Gasteiger partial charge >= 0.3 is 5.97 Å². The summed E-state index contributed by atoms with van der Waals surface area (Å²) in [5.74, 6) is -1.25. The second kappa shape index (κ2) is 6.81. The molecular formula is C17H14ClN3O4S. The molecule has 0 unspecified atom stereocenters. The molecule has 2 N–H and O–H groups in total. The van der Waals surface area contributed by atoms with Crippen LogP contribution < -0.4 is 4.72 Å². The van der Waals surface area contributed by atoms with E-state index in [4.69, 9.17) is 11.6 Å². The van der Waals surface area contributed by atoms with Gasteiger partial charge in [-0.15, -0.1) is 0 Å². The number of aromatic carboxylic acids is 1. The predicted molar refractivity (Wildman–Crippen MR) is 97.9 cm³/mol. The van der Waals surface area contributed by atoms with Gasteiger partial charge in [0.1, 0.15) is 0 Å². The molecule has 0 radical (unpaired) electrons. The first-order chi connectivity index (χ1) is 12.3. The minimum Gasteiger partial charge on any atom is -0.478 e. The molecule has 2 aromatic carbocycles. The Kier molecular flexibility index (Phi) is 4.71. The Balaban J connectivity index is 2.06. The molecule has 3 rings (SSSR count). The molecule has 9 heteroatoms. The highest BCUT2D eigenvalue weighted by molar-refractivity contribution is 7.92. The number of anilines is 1. The fourth-order valence-electron chi connectivity index (χ4n) is 2.37. The third-order valence-electron chi connectivity index (χ3n) is 3.67. The summed E-state index contributed by atoms with van der Waals surface area (Å²) in [5, 5.41) is 9.07. The van der Waals surface area contributed by atoms with Gasteiger partial charge < -0.3 is 9.67 Å². The number of hydrogen-bond acceptors (Lipinski definition) is 4. The van der Waals surface area contributed by atoms with E-state index >= 15 is 0 Å². The molecule has 1 aromatic heterocycles. The van der Waals surface area contributed by atoms with Crippen molar-refractivity contribution in [2.75, 3.05) is 4.72 Å². The molecule has 26 heavy (non-hydrogen) atoms. The number of imidazole rings is 1. The molecule has 1 heterocycles. The van der Waals surface area contributed by atoms with E-state index in [0.717, 1.165) is 5.56 Å². The Morgan fingerprint density at radius 2 is 1.85 bits per heavy atom. The lowest BCUT2D eigenvalue weighted by Crippen LogP contribution is -2.16. The van der Waals surface area contributed by atoms with Crippen LogP contribution in [0.3, 0.4) is 0 Å². The normalized spacial score (nSPS) is 11.3. The van der Waals surface area contributed by atoms with Crippen LogP contribution in [0.1, 0.15) is 10.4 Å². The number of carboxylic acids is 1. The average molecular weight is 392 g/mol. The van der Waals surface area contributed by atoms with Crippen LogP contribution in [0, 0.1) is 0 Å². The number of nitrogens with zero attached hydrogens (tertiary/aromatic N) is 2. The zero-order valence-electron chi connectivity index (χ0n) is 13.5. The lowest BCUT2D eigenvalue weighted by molar-refractivity contribution is 0.0698. The van der Waals surface area contributed by atoms with Crippen LogP contribution in [0.2, 0.25) is 5.28 Å². The largest absolute Gasteiger partial charge is 0.478 e. The first kappa shape index (κ1) is 18.0. The standard InChI is InChI=1S/C17H14ClN3O4S/c1-21-10-15(19-17(21)18)26(24,25)20-14-9-12(7-8-13(14)16(22)23)11-5-3-2-4-6-11/h2-10,20H,1H3,(H,22,23). The number of halogens is 1. The second-order valence-corrected chi connectivity index (χ2v) is 7.46. The van der Waals surface area contributed by atoms with Crippen LogP contribution >= 0.6 is 11.6 Å². The van der Waals surface area contributed by atoms with Gasteiger partial charge in [-0.2, -0.15) is 8.42 Å². The maximum atomic E-state index is 12.6. The van der Waals surface area contributed by atoms with Crippen molar-refractivity contribution in [2.45, 2.75) is 5.03 Å². The minimum atomic E-state index is -4.10. The van der Waals surface area contributed by atoms with Crippen molar-refractivity contribution < 1.29 is 18.3 Å². The van der Waals surface area contributed by atoms with Crippen molar-refractivity contribution in [1.82, 2.24) is 9.55 Å². The first-order valence-electron chi connectivity index (χ1n) is 7.42. The Hall–Kier alpha value is -2.84. The lowest BCUT2D eigenvalue weighted by Gasteiger charge is -2.11. The van der Waals surface area contributed by atoms with Gasteiger partial charge in [0.15, 0.2) is 5.03 Å². The lowest BCUT2D eigenvalue weighted by atomic mass is 10.0. The van der Waals surface area contributed by atoms with Gasteiger partial charge in [0.25, 0.3) is 10.0 Å². The van der Waals surface area contributed by atoms with Gasteiger partial charge in [0.2, 0.25) is 5.28 Å². The van der Waals surface area contributed by atoms with Crippen molar-refractivity contribution in [1.29, 1.82) is 0 Å². The first-order valence-corrected chi connectivity index (χ1v) is 9.28. The average Bonchev–Trinajstić information content (AvgIpc) is 2.95. The topological polar surface area (TPSA) is 101 Å². The smallest absolute Gasteiger partial charge is 0.337 e. The van der Waals surface area contributed by atoms with Gasteiger partial charge in [0.05, 0.1) is 11.3 Å². The molecule has 7 nitrogen and oxygen atoms in total.